The van der Waals surface area contributed by atoms with Gasteiger partial charge in [-0.2, -0.15) is 0 Å². The summed E-state index contributed by atoms with van der Waals surface area (Å²) in [6, 6.07) is 6.89. The number of hydrogen-bond donors (Lipinski definition) is 1. The number of aromatic carboxylic acids is 1. The minimum atomic E-state index is -0.923. The van der Waals surface area contributed by atoms with Crippen molar-refractivity contribution in [1.82, 2.24) is 0 Å². The lowest BCUT2D eigenvalue weighted by Gasteiger charge is -2.21. The first kappa shape index (κ1) is 9.45. The summed E-state index contributed by atoms with van der Waals surface area (Å²) in [5.74, 6) is -0.923. The van der Waals surface area contributed by atoms with Gasteiger partial charge in [-0.3, -0.25) is 4.99 Å². The molecule has 2 rings (SSSR count). The fourth-order valence-electron chi connectivity index (χ4n) is 1.45. The van der Waals surface area contributed by atoms with E-state index in [1.165, 1.54) is 0 Å². The maximum atomic E-state index is 11.0. The van der Waals surface area contributed by atoms with Crippen LogP contribution in [0.3, 0.4) is 0 Å². The van der Waals surface area contributed by atoms with Crippen molar-refractivity contribution in [1.29, 1.82) is 0 Å². The Labute approximate surface area is 87.2 Å². The van der Waals surface area contributed by atoms with Gasteiger partial charge in [-0.25, -0.2) is 4.79 Å². The zero-order chi connectivity index (χ0) is 10.7. The third kappa shape index (κ3) is 1.88. The van der Waals surface area contributed by atoms with Gasteiger partial charge in [0.05, 0.1) is 11.3 Å². The molecule has 0 radical (unpaired) electrons. The smallest absolute Gasteiger partial charge is 0.337 e. The highest BCUT2D eigenvalue weighted by molar-refractivity contribution is 5.95. The lowest BCUT2D eigenvalue weighted by atomic mass is 10.1. The largest absolute Gasteiger partial charge is 0.478 e. The summed E-state index contributed by atoms with van der Waals surface area (Å²) < 4.78 is 0. The normalized spacial score (nSPS) is 14.3. The summed E-state index contributed by atoms with van der Waals surface area (Å²) in [5.41, 5.74) is 0.956. The van der Waals surface area contributed by atoms with Crippen LogP contribution in [0, 0.1) is 0 Å². The van der Waals surface area contributed by atoms with Gasteiger partial charge in [-0.15, -0.1) is 0 Å². The molecular weight excluding hydrogens is 192 g/mol. The van der Waals surface area contributed by atoms with Gasteiger partial charge < -0.3 is 10.0 Å². The molecule has 1 aromatic carbocycles. The average molecular weight is 202 g/mol. The number of carbonyl (C=O) groups is 1. The number of aliphatic imine (C=N–C) groups is 1. The lowest BCUT2D eigenvalue weighted by molar-refractivity contribution is 0.0697. The molecule has 1 aliphatic heterocycles. The van der Waals surface area contributed by atoms with Gasteiger partial charge in [0, 0.05) is 12.4 Å². The van der Waals surface area contributed by atoms with Crippen molar-refractivity contribution in [3.05, 3.63) is 42.1 Å². The molecule has 0 saturated heterocycles. The monoisotopic (exact) mass is 202 g/mol. The average Bonchev–Trinajstić information content (AvgIpc) is 2.30. The molecule has 1 heterocycles. The van der Waals surface area contributed by atoms with E-state index in [9.17, 15) is 4.79 Å². The molecule has 4 nitrogen and oxygen atoms in total. The van der Waals surface area contributed by atoms with Crippen molar-refractivity contribution in [2.45, 2.75) is 0 Å². The van der Waals surface area contributed by atoms with Gasteiger partial charge in [0.15, 0.2) is 0 Å². The van der Waals surface area contributed by atoms with Crippen LogP contribution < -0.4 is 4.90 Å². The van der Waals surface area contributed by atoms with Crippen molar-refractivity contribution >= 4 is 17.9 Å². The molecule has 0 aliphatic carbocycles. The Kier molecular flexibility index (Phi) is 2.49. The van der Waals surface area contributed by atoms with Crippen LogP contribution >= 0.6 is 0 Å². The molecule has 1 aromatic rings. The molecule has 1 aliphatic rings. The first-order valence-electron chi connectivity index (χ1n) is 4.54. The summed E-state index contributed by atoms with van der Waals surface area (Å²) in [6.07, 6.45) is 5.29. The molecule has 1 N–H and O–H groups in total. The van der Waals surface area contributed by atoms with Crippen LogP contribution in [0.25, 0.3) is 0 Å². The topological polar surface area (TPSA) is 52.9 Å². The number of nitrogens with zero attached hydrogens (tertiary/aromatic N) is 2. The molecule has 0 fully saturated rings. The second kappa shape index (κ2) is 3.96. The number of anilines is 1. The zero-order valence-corrected chi connectivity index (χ0v) is 8.00. The van der Waals surface area contributed by atoms with E-state index in [0.29, 0.717) is 17.9 Å². The third-order valence-electron chi connectivity index (χ3n) is 2.14. The summed E-state index contributed by atoms with van der Waals surface area (Å²) in [6.45, 7) is 0.459. The summed E-state index contributed by atoms with van der Waals surface area (Å²) >= 11 is 0. The molecule has 0 atom stereocenters. The van der Waals surface area contributed by atoms with Crippen molar-refractivity contribution in [3.63, 3.8) is 0 Å². The molecule has 15 heavy (non-hydrogen) atoms. The van der Waals surface area contributed by atoms with E-state index in [1.807, 2.05) is 12.3 Å². The van der Waals surface area contributed by atoms with E-state index in [-0.39, 0.29) is 0 Å². The SMILES string of the molecule is O=C(O)c1ccccc1N1C=CC=NC1. The summed E-state index contributed by atoms with van der Waals surface area (Å²) in [7, 11) is 0. The van der Waals surface area contributed by atoms with E-state index in [2.05, 4.69) is 4.99 Å². The molecule has 0 aromatic heterocycles. The highest BCUT2D eigenvalue weighted by Gasteiger charge is 2.13. The Balaban J connectivity index is 2.39. The van der Waals surface area contributed by atoms with Gasteiger partial charge in [-0.05, 0) is 18.2 Å². The first-order chi connectivity index (χ1) is 7.29. The highest BCUT2D eigenvalue weighted by atomic mass is 16.4. The number of hydrogen-bond acceptors (Lipinski definition) is 3. The molecule has 0 bridgehead atoms. The molecule has 0 saturated carbocycles. The standard InChI is InChI=1S/C11H10N2O2/c14-11(15)9-4-1-2-5-10(9)13-7-3-6-12-8-13/h1-7H,8H2,(H,14,15). The fraction of sp³-hybridized carbons (Fsp3) is 0.0909. The Morgan fingerprint density at radius 1 is 1.40 bits per heavy atom. The van der Waals surface area contributed by atoms with Crippen LogP contribution in [-0.2, 0) is 0 Å². The van der Waals surface area contributed by atoms with Gasteiger partial charge >= 0.3 is 5.97 Å². The number of allylic oxidation sites excluding steroid dienone is 1. The molecule has 76 valence electrons. The van der Waals surface area contributed by atoms with Crippen molar-refractivity contribution in [2.75, 3.05) is 11.6 Å². The first-order valence-corrected chi connectivity index (χ1v) is 4.54. The molecular formula is C11H10N2O2. The predicted octanol–water partition coefficient (Wildman–Crippen LogP) is 1.75. The number of para-hydroxylation sites is 1. The zero-order valence-electron chi connectivity index (χ0n) is 8.00. The molecule has 0 unspecified atom stereocenters. The van der Waals surface area contributed by atoms with Gasteiger partial charge in [0.1, 0.15) is 6.67 Å². The van der Waals surface area contributed by atoms with E-state index in [1.54, 1.807) is 35.4 Å². The number of benzene rings is 1. The number of carboxylic acid groups (broad SMARTS) is 1. The summed E-state index contributed by atoms with van der Waals surface area (Å²) in [4.78, 5) is 16.8. The lowest BCUT2D eigenvalue weighted by Crippen LogP contribution is -2.20. The molecule has 4 heteroatoms. The van der Waals surface area contributed by atoms with Crippen LogP contribution in [0.5, 0.6) is 0 Å². The second-order valence-corrected chi connectivity index (χ2v) is 3.11. The van der Waals surface area contributed by atoms with Crippen molar-refractivity contribution in [2.24, 2.45) is 4.99 Å². The Morgan fingerprint density at radius 3 is 2.87 bits per heavy atom. The fourth-order valence-corrected chi connectivity index (χ4v) is 1.45. The maximum absolute atomic E-state index is 11.0. The quantitative estimate of drug-likeness (QED) is 0.794. The minimum Gasteiger partial charge on any atom is -0.478 e. The Bertz CT molecular complexity index is 438. The second-order valence-electron chi connectivity index (χ2n) is 3.11. The van der Waals surface area contributed by atoms with Crippen LogP contribution in [-0.4, -0.2) is 24.0 Å². The summed E-state index contributed by atoms with van der Waals surface area (Å²) in [5, 5.41) is 9.01. The van der Waals surface area contributed by atoms with E-state index in [4.69, 9.17) is 5.11 Å². The van der Waals surface area contributed by atoms with Crippen LogP contribution in [0.15, 0.2) is 41.5 Å². The highest BCUT2D eigenvalue weighted by Crippen LogP contribution is 2.21. The van der Waals surface area contributed by atoms with Crippen molar-refractivity contribution in [3.8, 4) is 0 Å². The van der Waals surface area contributed by atoms with E-state index >= 15 is 0 Å². The van der Waals surface area contributed by atoms with Crippen LogP contribution in [0.4, 0.5) is 5.69 Å². The Morgan fingerprint density at radius 2 is 2.20 bits per heavy atom. The van der Waals surface area contributed by atoms with Crippen molar-refractivity contribution < 1.29 is 9.90 Å². The van der Waals surface area contributed by atoms with Crippen LogP contribution in [0.2, 0.25) is 0 Å². The predicted molar refractivity (Wildman–Crippen MR) is 58.4 cm³/mol. The third-order valence-corrected chi connectivity index (χ3v) is 2.14. The Hall–Kier alpha value is -2.10. The number of rotatable bonds is 2. The maximum Gasteiger partial charge on any atom is 0.337 e. The van der Waals surface area contributed by atoms with E-state index in [0.717, 1.165) is 0 Å². The van der Waals surface area contributed by atoms with Gasteiger partial charge in [0.2, 0.25) is 0 Å². The van der Waals surface area contributed by atoms with Crippen LogP contribution in [0.1, 0.15) is 10.4 Å². The van der Waals surface area contributed by atoms with E-state index < -0.39 is 5.97 Å². The van der Waals surface area contributed by atoms with Gasteiger partial charge in [0.25, 0.3) is 0 Å². The number of carboxylic acids is 1. The minimum absolute atomic E-state index is 0.291. The van der Waals surface area contributed by atoms with Gasteiger partial charge in [-0.1, -0.05) is 12.1 Å². The molecule has 0 amide bonds. The molecule has 0 spiro atoms.